The summed E-state index contributed by atoms with van der Waals surface area (Å²) in [7, 11) is 0. The van der Waals surface area contributed by atoms with Crippen LogP contribution in [0, 0.1) is 28.6 Å². The number of nitrogens with one attached hydrogen (secondary N) is 1. The molecule has 4 fully saturated rings. The van der Waals surface area contributed by atoms with E-state index in [-0.39, 0.29) is 5.91 Å². The van der Waals surface area contributed by atoms with Crippen molar-refractivity contribution in [2.75, 3.05) is 0 Å². The van der Waals surface area contributed by atoms with Crippen LogP contribution in [0.4, 0.5) is 0 Å². The first kappa shape index (κ1) is 21.9. The van der Waals surface area contributed by atoms with Gasteiger partial charge in [0.05, 0.1) is 0 Å². The minimum absolute atomic E-state index is 0.271. The van der Waals surface area contributed by atoms with Crippen molar-refractivity contribution in [1.82, 2.24) is 5.32 Å². The van der Waals surface area contributed by atoms with Gasteiger partial charge in [-0.05, 0) is 103 Å². The van der Waals surface area contributed by atoms with Crippen LogP contribution in [-0.2, 0) is 4.79 Å². The molecular weight excluding hydrogens is 418 g/mol. The Morgan fingerprint density at radius 1 is 0.853 bits per heavy atom. The molecular formula is C31H37NO2. The van der Waals surface area contributed by atoms with E-state index in [1.165, 1.54) is 37.7 Å². The molecule has 178 valence electrons. The Labute approximate surface area is 204 Å². The summed E-state index contributed by atoms with van der Waals surface area (Å²) in [5, 5.41) is 3.36. The van der Waals surface area contributed by atoms with Gasteiger partial charge in [0.1, 0.15) is 11.5 Å². The number of ether oxygens (including phenoxy) is 1. The van der Waals surface area contributed by atoms with Gasteiger partial charge in [-0.3, -0.25) is 4.79 Å². The third-order valence-electron chi connectivity index (χ3n) is 10.1. The summed E-state index contributed by atoms with van der Waals surface area (Å²) in [4.78, 5) is 12.1. The van der Waals surface area contributed by atoms with E-state index < -0.39 is 0 Å². The summed E-state index contributed by atoms with van der Waals surface area (Å²) >= 11 is 0. The highest BCUT2D eigenvalue weighted by Crippen LogP contribution is 2.65. The lowest BCUT2D eigenvalue weighted by Crippen LogP contribution is -2.60. The predicted molar refractivity (Wildman–Crippen MR) is 136 cm³/mol. The van der Waals surface area contributed by atoms with E-state index in [1.54, 1.807) is 5.57 Å². The molecule has 0 bridgehead atoms. The van der Waals surface area contributed by atoms with Crippen molar-refractivity contribution in [3.63, 3.8) is 0 Å². The van der Waals surface area contributed by atoms with Gasteiger partial charge < -0.3 is 10.1 Å². The Balaban J connectivity index is 1.20. The number of hydrogen-bond acceptors (Lipinski definition) is 2. The maximum absolute atomic E-state index is 12.1. The smallest absolute Gasteiger partial charge is 0.220 e. The number of hydrogen-bond donors (Lipinski definition) is 1. The first-order chi connectivity index (χ1) is 16.5. The zero-order valence-corrected chi connectivity index (χ0v) is 20.6. The van der Waals surface area contributed by atoms with Gasteiger partial charge in [-0.1, -0.05) is 55.8 Å². The maximum Gasteiger partial charge on any atom is 0.220 e. The van der Waals surface area contributed by atoms with E-state index in [9.17, 15) is 4.79 Å². The van der Waals surface area contributed by atoms with E-state index in [2.05, 4.69) is 49.5 Å². The van der Waals surface area contributed by atoms with Crippen LogP contribution in [0.3, 0.4) is 0 Å². The molecule has 34 heavy (non-hydrogen) atoms. The van der Waals surface area contributed by atoms with Crippen LogP contribution in [0.5, 0.6) is 11.5 Å². The molecule has 1 N–H and O–H groups in total. The van der Waals surface area contributed by atoms with Gasteiger partial charge in [0.2, 0.25) is 5.91 Å². The van der Waals surface area contributed by atoms with Crippen LogP contribution in [0.1, 0.15) is 70.8 Å². The quantitative estimate of drug-likeness (QED) is 0.524. The summed E-state index contributed by atoms with van der Waals surface area (Å²) in [6.07, 6.45) is 11.9. The molecule has 1 aliphatic heterocycles. The van der Waals surface area contributed by atoms with Gasteiger partial charge in [0, 0.05) is 12.5 Å². The summed E-state index contributed by atoms with van der Waals surface area (Å²) in [6.45, 7) is 5.04. The highest BCUT2D eigenvalue weighted by Gasteiger charge is 2.59. The summed E-state index contributed by atoms with van der Waals surface area (Å²) in [6, 6.07) is 18.9. The van der Waals surface area contributed by atoms with Crippen molar-refractivity contribution in [2.24, 2.45) is 28.6 Å². The van der Waals surface area contributed by atoms with E-state index in [0.717, 1.165) is 42.1 Å². The van der Waals surface area contributed by atoms with Crippen molar-refractivity contribution in [1.29, 1.82) is 0 Å². The fourth-order valence-corrected chi connectivity index (χ4v) is 8.24. The average Bonchev–Trinajstić information content (AvgIpc) is 3.17. The lowest BCUT2D eigenvalue weighted by molar-refractivity contribution is -0.134. The minimum Gasteiger partial charge on any atom is -0.457 e. The van der Waals surface area contributed by atoms with Crippen LogP contribution < -0.4 is 10.1 Å². The second-order valence-corrected chi connectivity index (χ2v) is 11.7. The van der Waals surface area contributed by atoms with E-state index in [1.807, 2.05) is 30.3 Å². The topological polar surface area (TPSA) is 38.3 Å². The molecule has 2 aromatic carbocycles. The fraction of sp³-hybridized carbons (Fsp3) is 0.516. The Morgan fingerprint density at radius 2 is 1.62 bits per heavy atom. The molecule has 3 nitrogen and oxygen atoms in total. The number of amides is 1. The number of carbonyl (C=O) groups excluding carboxylic acids is 1. The maximum atomic E-state index is 12.1. The SMILES string of the molecule is C[C@]12CCC(=O)N[C@@H]1CC[C@@H]1[C@@H]2CC[C@]2(C)C(=Cc3ccc(Oc4ccccc4)cc3)CC[C@@H]12. The monoisotopic (exact) mass is 455 g/mol. The van der Waals surface area contributed by atoms with E-state index in [0.29, 0.717) is 23.3 Å². The lowest BCUT2D eigenvalue weighted by atomic mass is 9.47. The zero-order valence-electron chi connectivity index (χ0n) is 20.6. The number of carbonyl (C=O) groups is 1. The molecule has 6 rings (SSSR count). The Kier molecular flexibility index (Phi) is 5.35. The molecule has 1 heterocycles. The Hall–Kier alpha value is -2.55. The fourth-order valence-electron chi connectivity index (χ4n) is 8.24. The van der Waals surface area contributed by atoms with Crippen molar-refractivity contribution in [3.05, 3.63) is 65.7 Å². The Bertz CT molecular complexity index is 1090. The molecule has 0 spiro atoms. The molecule has 0 unspecified atom stereocenters. The molecule has 1 amide bonds. The van der Waals surface area contributed by atoms with Gasteiger partial charge in [-0.25, -0.2) is 0 Å². The van der Waals surface area contributed by atoms with Crippen molar-refractivity contribution in [2.45, 2.75) is 71.3 Å². The average molecular weight is 456 g/mol. The van der Waals surface area contributed by atoms with Gasteiger partial charge in [-0.2, -0.15) is 0 Å². The molecule has 0 aromatic heterocycles. The van der Waals surface area contributed by atoms with Crippen LogP contribution in [0.25, 0.3) is 6.08 Å². The number of piperidine rings is 1. The predicted octanol–water partition coefficient (Wildman–Crippen LogP) is 7.38. The van der Waals surface area contributed by atoms with Crippen molar-refractivity contribution < 1.29 is 9.53 Å². The number of allylic oxidation sites excluding steroid dienone is 1. The highest BCUT2D eigenvalue weighted by molar-refractivity contribution is 5.77. The van der Waals surface area contributed by atoms with Gasteiger partial charge in [0.15, 0.2) is 0 Å². The molecule has 3 heteroatoms. The minimum atomic E-state index is 0.271. The molecule has 3 saturated carbocycles. The third kappa shape index (κ3) is 3.59. The van der Waals surface area contributed by atoms with Crippen molar-refractivity contribution in [3.8, 4) is 11.5 Å². The second-order valence-electron chi connectivity index (χ2n) is 11.7. The van der Waals surface area contributed by atoms with Crippen molar-refractivity contribution >= 4 is 12.0 Å². The third-order valence-corrected chi connectivity index (χ3v) is 10.1. The van der Waals surface area contributed by atoms with E-state index >= 15 is 0 Å². The number of para-hydroxylation sites is 1. The normalized spacial score (nSPS) is 37.9. The van der Waals surface area contributed by atoms with Crippen LogP contribution in [0.15, 0.2) is 60.2 Å². The lowest BCUT2D eigenvalue weighted by Gasteiger charge is -2.59. The molecule has 6 atom stereocenters. The summed E-state index contributed by atoms with van der Waals surface area (Å²) in [5.41, 5.74) is 3.54. The van der Waals surface area contributed by atoms with E-state index in [4.69, 9.17) is 4.74 Å². The number of benzene rings is 2. The van der Waals surface area contributed by atoms with Crippen LogP contribution >= 0.6 is 0 Å². The molecule has 2 aromatic rings. The summed E-state index contributed by atoms with van der Waals surface area (Å²) in [5.74, 6) is 4.38. The van der Waals surface area contributed by atoms with Crippen LogP contribution in [-0.4, -0.2) is 11.9 Å². The molecule has 3 aliphatic carbocycles. The largest absolute Gasteiger partial charge is 0.457 e. The van der Waals surface area contributed by atoms with Gasteiger partial charge >= 0.3 is 0 Å². The van der Waals surface area contributed by atoms with Crippen LogP contribution in [0.2, 0.25) is 0 Å². The number of fused-ring (bicyclic) bond motifs is 5. The first-order valence-corrected chi connectivity index (χ1v) is 13.3. The molecule has 0 radical (unpaired) electrons. The standard InChI is InChI=1S/C31H37NO2/c1-30-18-16-27-25(13-15-28-31(27,2)19-17-29(33)32-28)26(30)14-10-22(30)20-21-8-11-24(12-9-21)34-23-6-4-3-5-7-23/h3-9,11-12,20,25-28H,10,13-19H2,1-2H3,(H,32,33)/t25-,26-,27-,28+,30+,31+/m0/s1. The first-order valence-electron chi connectivity index (χ1n) is 13.3. The Morgan fingerprint density at radius 3 is 2.41 bits per heavy atom. The zero-order chi connectivity index (χ0) is 23.3. The molecule has 1 saturated heterocycles. The second kappa shape index (κ2) is 8.29. The van der Waals surface area contributed by atoms with Gasteiger partial charge in [0.25, 0.3) is 0 Å². The highest BCUT2D eigenvalue weighted by atomic mass is 16.5. The number of rotatable bonds is 3. The molecule has 4 aliphatic rings. The van der Waals surface area contributed by atoms with Gasteiger partial charge in [-0.15, -0.1) is 0 Å². The summed E-state index contributed by atoms with van der Waals surface area (Å²) < 4.78 is 5.98.